The van der Waals surface area contributed by atoms with Crippen LogP contribution in [-0.2, 0) is 9.59 Å². The Morgan fingerprint density at radius 1 is 1.39 bits per heavy atom. The van der Waals surface area contributed by atoms with Gasteiger partial charge in [0.2, 0.25) is 5.91 Å². The number of amides is 1. The van der Waals surface area contributed by atoms with E-state index in [4.69, 9.17) is 5.73 Å². The molecule has 0 aliphatic rings. The number of nitrogens with one attached hydrogen (secondary N) is 1. The van der Waals surface area contributed by atoms with E-state index in [1.807, 2.05) is 0 Å². The molecule has 1 amide bonds. The second-order valence-electron chi connectivity index (χ2n) is 6.28. The van der Waals surface area contributed by atoms with E-state index < -0.39 is 32.2 Å². The summed E-state index contributed by atoms with van der Waals surface area (Å²) in [6.07, 6.45) is -0.158. The van der Waals surface area contributed by atoms with Gasteiger partial charge in [0.25, 0.3) is 0 Å². The maximum atomic E-state index is 11.8. The molecule has 0 aromatic carbocycles. The Bertz CT molecular complexity index is 290. The van der Waals surface area contributed by atoms with Crippen LogP contribution < -0.4 is 11.1 Å². The number of aliphatic hydroxyl groups is 1. The van der Waals surface area contributed by atoms with Crippen molar-refractivity contribution in [2.45, 2.75) is 57.7 Å². The third kappa shape index (κ3) is 6.27. The minimum absolute atomic E-state index is 0.0996. The van der Waals surface area contributed by atoms with Crippen LogP contribution in [0.2, 0.25) is 25.7 Å². The summed E-state index contributed by atoms with van der Waals surface area (Å²) in [6.45, 7) is 9.95. The third-order valence-electron chi connectivity index (χ3n) is 2.68. The van der Waals surface area contributed by atoms with Gasteiger partial charge in [-0.1, -0.05) is 33.5 Å². The van der Waals surface area contributed by atoms with Crippen LogP contribution in [0.1, 0.15) is 13.8 Å². The van der Waals surface area contributed by atoms with Crippen molar-refractivity contribution in [1.29, 1.82) is 0 Å². The fourth-order valence-electron chi connectivity index (χ4n) is 1.64. The number of carbonyl (C=O) groups is 2. The largest absolute Gasteiger partial charge is 0.391 e. The molecular formula is C12H26N2O3Si. The quantitative estimate of drug-likeness (QED) is 0.461. The van der Waals surface area contributed by atoms with Gasteiger partial charge in [0, 0.05) is 8.07 Å². The first-order chi connectivity index (χ1) is 8.08. The van der Waals surface area contributed by atoms with E-state index in [0.29, 0.717) is 6.04 Å². The van der Waals surface area contributed by atoms with Crippen LogP contribution in [0.15, 0.2) is 0 Å². The zero-order valence-corrected chi connectivity index (χ0v) is 12.9. The van der Waals surface area contributed by atoms with Gasteiger partial charge in [0.15, 0.2) is 0 Å². The first kappa shape index (κ1) is 17.3. The van der Waals surface area contributed by atoms with E-state index in [-0.39, 0.29) is 5.92 Å². The van der Waals surface area contributed by atoms with Crippen LogP contribution in [-0.4, -0.2) is 43.6 Å². The molecule has 6 heteroatoms. The fraction of sp³-hybridized carbons (Fsp3) is 0.833. The number of carbonyl (C=O) groups excluding carboxylic acids is 2. The smallest absolute Gasteiger partial charge is 0.240 e. The number of nitrogens with two attached hydrogens (primary N) is 1. The van der Waals surface area contributed by atoms with Crippen molar-refractivity contribution in [2.24, 2.45) is 11.7 Å². The third-order valence-corrected chi connectivity index (χ3v) is 4.34. The fourth-order valence-corrected chi connectivity index (χ4v) is 3.16. The molecule has 0 radical (unpaired) electrons. The monoisotopic (exact) mass is 274 g/mol. The highest BCUT2D eigenvalue weighted by Crippen LogP contribution is 2.11. The van der Waals surface area contributed by atoms with Gasteiger partial charge in [-0.25, -0.2) is 0 Å². The minimum Gasteiger partial charge on any atom is -0.391 e. The highest BCUT2D eigenvalue weighted by atomic mass is 28.3. The summed E-state index contributed by atoms with van der Waals surface area (Å²) in [6, 6.07) is -0.823. The summed E-state index contributed by atoms with van der Waals surface area (Å²) in [5, 5.41) is 12.3. The molecular weight excluding hydrogens is 248 g/mol. The van der Waals surface area contributed by atoms with E-state index in [2.05, 4.69) is 25.0 Å². The molecule has 3 atom stereocenters. The molecule has 0 aliphatic carbocycles. The molecule has 0 fully saturated rings. The second-order valence-corrected chi connectivity index (χ2v) is 11.8. The number of aliphatic hydroxyl groups excluding tert-OH is 1. The van der Waals surface area contributed by atoms with Crippen molar-refractivity contribution < 1.29 is 14.7 Å². The molecule has 0 heterocycles. The molecule has 0 aromatic rings. The SMILES string of the molecule is CC(C)[C@@H](O)[C@H](N)C(=O)N[C@H](C=O)C[Si](C)(C)C. The molecule has 4 N–H and O–H groups in total. The Hall–Kier alpha value is -0.723. The molecule has 0 saturated heterocycles. The average molecular weight is 274 g/mol. The lowest BCUT2D eigenvalue weighted by molar-refractivity contribution is -0.127. The van der Waals surface area contributed by atoms with Crippen LogP contribution >= 0.6 is 0 Å². The van der Waals surface area contributed by atoms with Gasteiger partial charge in [-0.15, -0.1) is 0 Å². The predicted octanol–water partition coefficient (Wildman–Crippen LogP) is 0.353. The van der Waals surface area contributed by atoms with Crippen molar-refractivity contribution in [3.05, 3.63) is 0 Å². The second kappa shape index (κ2) is 7.01. The highest BCUT2D eigenvalue weighted by molar-refractivity contribution is 6.76. The minimum atomic E-state index is -1.44. The molecule has 0 unspecified atom stereocenters. The van der Waals surface area contributed by atoms with Gasteiger partial charge < -0.3 is 21.0 Å². The van der Waals surface area contributed by atoms with E-state index in [1.54, 1.807) is 13.8 Å². The van der Waals surface area contributed by atoms with Crippen molar-refractivity contribution in [3.8, 4) is 0 Å². The summed E-state index contributed by atoms with van der Waals surface area (Å²) in [7, 11) is -1.44. The van der Waals surface area contributed by atoms with Crippen LogP contribution in [0, 0.1) is 5.92 Å². The lowest BCUT2D eigenvalue weighted by Gasteiger charge is -2.25. The summed E-state index contributed by atoms with van der Waals surface area (Å²) >= 11 is 0. The Morgan fingerprint density at radius 3 is 2.22 bits per heavy atom. The Morgan fingerprint density at radius 2 is 1.89 bits per heavy atom. The number of hydrogen-bond donors (Lipinski definition) is 3. The summed E-state index contributed by atoms with van der Waals surface area (Å²) in [5.74, 6) is -0.566. The summed E-state index contributed by atoms with van der Waals surface area (Å²) in [5.41, 5.74) is 5.66. The van der Waals surface area contributed by atoms with E-state index >= 15 is 0 Å². The normalized spacial score (nSPS) is 17.1. The van der Waals surface area contributed by atoms with Crippen molar-refractivity contribution >= 4 is 20.3 Å². The van der Waals surface area contributed by atoms with E-state index in [1.165, 1.54) is 0 Å². The van der Waals surface area contributed by atoms with Crippen LogP contribution in [0.25, 0.3) is 0 Å². The van der Waals surface area contributed by atoms with Crippen molar-refractivity contribution in [1.82, 2.24) is 5.32 Å². The molecule has 0 aromatic heterocycles. The maximum Gasteiger partial charge on any atom is 0.240 e. The zero-order chi connectivity index (χ0) is 14.5. The van der Waals surface area contributed by atoms with Crippen LogP contribution in [0.3, 0.4) is 0 Å². The molecule has 18 heavy (non-hydrogen) atoms. The lowest BCUT2D eigenvalue weighted by atomic mass is 10.00. The number of rotatable bonds is 7. The van der Waals surface area contributed by atoms with Gasteiger partial charge in [-0.3, -0.25) is 4.79 Å². The molecule has 0 rings (SSSR count). The molecule has 0 spiro atoms. The summed E-state index contributed by atoms with van der Waals surface area (Å²) in [4.78, 5) is 22.8. The Balaban J connectivity index is 4.48. The molecule has 0 saturated carbocycles. The van der Waals surface area contributed by atoms with E-state index in [0.717, 1.165) is 6.29 Å². The highest BCUT2D eigenvalue weighted by Gasteiger charge is 2.28. The topological polar surface area (TPSA) is 92.4 Å². The van der Waals surface area contributed by atoms with Crippen molar-refractivity contribution in [3.63, 3.8) is 0 Å². The van der Waals surface area contributed by atoms with Crippen LogP contribution in [0.5, 0.6) is 0 Å². The van der Waals surface area contributed by atoms with Gasteiger partial charge in [0.05, 0.1) is 12.1 Å². The standard InChI is InChI=1S/C12H26N2O3Si/c1-8(2)11(16)10(13)12(17)14-9(6-15)7-18(3,4)5/h6,8-11,16H,7,13H2,1-5H3,(H,14,17)/t9-,10+,11-/m1/s1. The van der Waals surface area contributed by atoms with Crippen LogP contribution in [0.4, 0.5) is 0 Å². The van der Waals surface area contributed by atoms with Gasteiger partial charge in [0.1, 0.15) is 12.3 Å². The first-order valence-corrected chi connectivity index (χ1v) is 9.98. The number of aldehydes is 1. The Labute approximate surface area is 110 Å². The molecule has 106 valence electrons. The summed E-state index contributed by atoms with van der Waals surface area (Å²) < 4.78 is 0. The Kier molecular flexibility index (Phi) is 6.73. The van der Waals surface area contributed by atoms with Gasteiger partial charge >= 0.3 is 0 Å². The van der Waals surface area contributed by atoms with Gasteiger partial charge in [-0.05, 0) is 12.0 Å². The lowest BCUT2D eigenvalue weighted by Crippen LogP contribution is -2.53. The number of hydrogen-bond acceptors (Lipinski definition) is 4. The predicted molar refractivity (Wildman–Crippen MR) is 75.0 cm³/mol. The molecule has 0 aliphatic heterocycles. The maximum absolute atomic E-state index is 11.8. The zero-order valence-electron chi connectivity index (χ0n) is 11.9. The van der Waals surface area contributed by atoms with Gasteiger partial charge in [-0.2, -0.15) is 0 Å². The average Bonchev–Trinajstić information content (AvgIpc) is 2.23. The molecule has 5 nitrogen and oxygen atoms in total. The first-order valence-electron chi connectivity index (χ1n) is 6.28. The van der Waals surface area contributed by atoms with Crippen molar-refractivity contribution in [2.75, 3.05) is 0 Å². The van der Waals surface area contributed by atoms with E-state index in [9.17, 15) is 14.7 Å². The molecule has 0 bridgehead atoms.